The Morgan fingerprint density at radius 1 is 1.10 bits per heavy atom. The molecule has 1 fully saturated rings. The lowest BCUT2D eigenvalue weighted by atomic mass is 10.0. The fraction of sp³-hybridized carbons (Fsp3) is 0.360. The number of aliphatic hydroxyl groups is 1. The van der Waals surface area contributed by atoms with Gasteiger partial charge in [-0.1, -0.05) is 31.2 Å². The Labute approximate surface area is 183 Å². The normalized spacial score (nSPS) is 15.9. The largest absolute Gasteiger partial charge is 0.491 e. The molecule has 6 nitrogen and oxygen atoms in total. The third kappa shape index (κ3) is 5.40. The number of aromatic nitrogens is 1. The van der Waals surface area contributed by atoms with Gasteiger partial charge >= 0.3 is 0 Å². The lowest BCUT2D eigenvalue weighted by Crippen LogP contribution is -2.52. The molecule has 1 amide bonds. The molecule has 2 heterocycles. The van der Waals surface area contributed by atoms with E-state index in [2.05, 4.69) is 30.1 Å². The van der Waals surface area contributed by atoms with Gasteiger partial charge in [0.25, 0.3) is 0 Å². The molecule has 0 aliphatic carbocycles. The van der Waals surface area contributed by atoms with Gasteiger partial charge in [-0.3, -0.25) is 14.7 Å². The maximum absolute atomic E-state index is 12.2. The van der Waals surface area contributed by atoms with Crippen LogP contribution in [0.3, 0.4) is 0 Å². The van der Waals surface area contributed by atoms with Crippen molar-refractivity contribution in [3.05, 3.63) is 60.9 Å². The highest BCUT2D eigenvalue weighted by atomic mass is 16.5. The Morgan fingerprint density at radius 2 is 1.97 bits per heavy atom. The summed E-state index contributed by atoms with van der Waals surface area (Å²) in [7, 11) is 0. The SMILES string of the molecule is CCCN1CCN(CC(O)COc2ccc3ccc(-c4cccnc4)cc3c2)CC1=O. The lowest BCUT2D eigenvalue weighted by Gasteiger charge is -2.35. The van der Waals surface area contributed by atoms with E-state index in [4.69, 9.17) is 4.74 Å². The number of piperazine rings is 1. The fourth-order valence-electron chi connectivity index (χ4n) is 3.99. The number of carbonyl (C=O) groups excluding carboxylic acids is 1. The number of nitrogens with zero attached hydrogens (tertiary/aromatic N) is 3. The van der Waals surface area contributed by atoms with Gasteiger partial charge in [-0.15, -0.1) is 0 Å². The first-order valence-corrected chi connectivity index (χ1v) is 10.9. The summed E-state index contributed by atoms with van der Waals surface area (Å²) in [5, 5.41) is 12.6. The predicted molar refractivity (Wildman–Crippen MR) is 122 cm³/mol. The number of pyridine rings is 1. The third-order valence-electron chi connectivity index (χ3n) is 5.61. The Kier molecular flexibility index (Phi) is 6.79. The lowest BCUT2D eigenvalue weighted by molar-refractivity contribution is -0.136. The number of fused-ring (bicyclic) bond motifs is 1. The summed E-state index contributed by atoms with van der Waals surface area (Å²) in [6.07, 6.45) is 3.94. The topological polar surface area (TPSA) is 65.9 Å². The molecule has 6 heteroatoms. The molecule has 2 aromatic carbocycles. The summed E-state index contributed by atoms with van der Waals surface area (Å²) in [5.41, 5.74) is 2.17. The molecule has 4 rings (SSSR count). The molecule has 3 aromatic rings. The average Bonchev–Trinajstić information content (AvgIpc) is 2.79. The van der Waals surface area contributed by atoms with Crippen molar-refractivity contribution in [1.29, 1.82) is 0 Å². The second kappa shape index (κ2) is 9.90. The molecule has 31 heavy (non-hydrogen) atoms. The first-order valence-electron chi connectivity index (χ1n) is 10.9. The van der Waals surface area contributed by atoms with Crippen LogP contribution >= 0.6 is 0 Å². The number of amides is 1. The van der Waals surface area contributed by atoms with Crippen LogP contribution in [-0.4, -0.2) is 71.2 Å². The molecule has 1 atom stereocenters. The summed E-state index contributed by atoms with van der Waals surface area (Å²) < 4.78 is 5.87. The molecule has 1 unspecified atom stereocenters. The van der Waals surface area contributed by atoms with Crippen molar-refractivity contribution in [2.75, 3.05) is 39.3 Å². The molecular weight excluding hydrogens is 390 g/mol. The number of ether oxygens (including phenoxy) is 1. The van der Waals surface area contributed by atoms with Crippen LogP contribution in [0, 0.1) is 0 Å². The van der Waals surface area contributed by atoms with Crippen molar-refractivity contribution in [3.8, 4) is 16.9 Å². The third-order valence-corrected chi connectivity index (χ3v) is 5.61. The van der Waals surface area contributed by atoms with Crippen molar-refractivity contribution in [3.63, 3.8) is 0 Å². The van der Waals surface area contributed by atoms with E-state index < -0.39 is 6.10 Å². The van der Waals surface area contributed by atoms with E-state index in [0.717, 1.165) is 53.7 Å². The molecule has 0 bridgehead atoms. The highest BCUT2D eigenvalue weighted by Gasteiger charge is 2.24. The second-order valence-electron chi connectivity index (χ2n) is 8.05. The minimum absolute atomic E-state index is 0.139. The van der Waals surface area contributed by atoms with Crippen molar-refractivity contribution in [2.45, 2.75) is 19.4 Å². The minimum atomic E-state index is -0.650. The van der Waals surface area contributed by atoms with Gasteiger partial charge in [-0.25, -0.2) is 0 Å². The molecule has 1 N–H and O–H groups in total. The number of benzene rings is 2. The molecule has 1 saturated heterocycles. The Morgan fingerprint density at radius 3 is 2.74 bits per heavy atom. The van der Waals surface area contributed by atoms with Gasteiger partial charge in [0.2, 0.25) is 5.91 Å². The zero-order valence-corrected chi connectivity index (χ0v) is 17.9. The fourth-order valence-corrected chi connectivity index (χ4v) is 3.99. The molecule has 1 aliphatic heterocycles. The molecule has 0 radical (unpaired) electrons. The van der Waals surface area contributed by atoms with E-state index in [1.165, 1.54) is 0 Å². The Bertz CT molecular complexity index is 1020. The molecule has 162 valence electrons. The monoisotopic (exact) mass is 419 g/mol. The van der Waals surface area contributed by atoms with Gasteiger partial charge < -0.3 is 14.7 Å². The Hall–Kier alpha value is -2.96. The number of aliphatic hydroxyl groups excluding tert-OH is 1. The van der Waals surface area contributed by atoms with Crippen molar-refractivity contribution < 1.29 is 14.6 Å². The van der Waals surface area contributed by atoms with Crippen LogP contribution in [0.2, 0.25) is 0 Å². The smallest absolute Gasteiger partial charge is 0.236 e. The Balaban J connectivity index is 1.35. The zero-order valence-electron chi connectivity index (χ0n) is 17.9. The van der Waals surface area contributed by atoms with E-state index in [1.807, 2.05) is 46.3 Å². The van der Waals surface area contributed by atoms with Gasteiger partial charge in [0, 0.05) is 44.1 Å². The van der Waals surface area contributed by atoms with Crippen molar-refractivity contribution in [1.82, 2.24) is 14.8 Å². The summed E-state index contributed by atoms with van der Waals surface area (Å²) in [6, 6.07) is 16.2. The first-order chi connectivity index (χ1) is 15.1. The van der Waals surface area contributed by atoms with E-state index in [1.54, 1.807) is 6.20 Å². The average molecular weight is 420 g/mol. The highest BCUT2D eigenvalue weighted by Crippen LogP contribution is 2.27. The summed E-state index contributed by atoms with van der Waals surface area (Å²) in [4.78, 5) is 20.3. The van der Waals surface area contributed by atoms with Gasteiger partial charge in [0.15, 0.2) is 0 Å². The van der Waals surface area contributed by atoms with Crippen LogP contribution in [0.15, 0.2) is 60.9 Å². The quantitative estimate of drug-likeness (QED) is 0.607. The van der Waals surface area contributed by atoms with Crippen LogP contribution < -0.4 is 4.74 Å². The number of rotatable bonds is 8. The molecule has 1 aliphatic rings. The summed E-state index contributed by atoms with van der Waals surface area (Å²) in [5.74, 6) is 0.860. The van der Waals surface area contributed by atoms with Gasteiger partial charge in [-0.2, -0.15) is 0 Å². The number of carbonyl (C=O) groups is 1. The number of hydrogen-bond acceptors (Lipinski definition) is 5. The minimum Gasteiger partial charge on any atom is -0.491 e. The van der Waals surface area contributed by atoms with E-state index in [9.17, 15) is 9.90 Å². The summed E-state index contributed by atoms with van der Waals surface area (Å²) in [6.45, 7) is 5.39. The van der Waals surface area contributed by atoms with Crippen LogP contribution in [0.1, 0.15) is 13.3 Å². The van der Waals surface area contributed by atoms with Crippen molar-refractivity contribution >= 4 is 16.7 Å². The van der Waals surface area contributed by atoms with E-state index >= 15 is 0 Å². The highest BCUT2D eigenvalue weighted by molar-refractivity contribution is 5.88. The van der Waals surface area contributed by atoms with Crippen molar-refractivity contribution in [2.24, 2.45) is 0 Å². The maximum Gasteiger partial charge on any atom is 0.236 e. The van der Waals surface area contributed by atoms with E-state index in [0.29, 0.717) is 13.1 Å². The van der Waals surface area contributed by atoms with E-state index in [-0.39, 0.29) is 12.5 Å². The number of hydrogen-bond donors (Lipinski definition) is 1. The zero-order chi connectivity index (χ0) is 21.6. The number of β-amino-alcohol motifs (C(OH)–C–C–N with tert-alkyl or cyclic N) is 1. The van der Waals surface area contributed by atoms with Crippen LogP contribution in [-0.2, 0) is 4.79 Å². The van der Waals surface area contributed by atoms with Gasteiger partial charge in [-0.05, 0) is 47.0 Å². The molecular formula is C25H29N3O3. The molecule has 0 saturated carbocycles. The summed E-state index contributed by atoms with van der Waals surface area (Å²) >= 11 is 0. The van der Waals surface area contributed by atoms with Crippen LogP contribution in [0.5, 0.6) is 5.75 Å². The second-order valence-corrected chi connectivity index (χ2v) is 8.05. The van der Waals surface area contributed by atoms with Gasteiger partial charge in [0.05, 0.1) is 6.54 Å². The molecule has 1 aromatic heterocycles. The van der Waals surface area contributed by atoms with Crippen LogP contribution in [0.4, 0.5) is 0 Å². The maximum atomic E-state index is 12.2. The predicted octanol–water partition coefficient (Wildman–Crippen LogP) is 3.20. The first kappa shape index (κ1) is 21.3. The molecule has 0 spiro atoms. The van der Waals surface area contributed by atoms with Gasteiger partial charge in [0.1, 0.15) is 18.5 Å². The van der Waals surface area contributed by atoms with Crippen LogP contribution in [0.25, 0.3) is 21.9 Å². The standard InChI is InChI=1S/C25H29N3O3/c1-2-10-28-12-11-27(17-25(28)30)16-23(29)18-31-24-8-7-19-5-6-20(13-22(19)14-24)21-4-3-9-26-15-21/h3-9,13-15,23,29H,2,10-12,16-18H2,1H3.